The molecule has 13 heavy (non-hydrogen) atoms. The Balaban J connectivity index is 4.99. The van der Waals surface area contributed by atoms with Crippen LogP contribution in [0.2, 0.25) is 0 Å². The van der Waals surface area contributed by atoms with Crippen LogP contribution in [0.1, 0.15) is 0 Å². The lowest BCUT2D eigenvalue weighted by Gasteiger charge is -1.98. The van der Waals surface area contributed by atoms with Gasteiger partial charge in [0, 0.05) is 0 Å². The molecule has 0 saturated heterocycles. The molecule has 0 aliphatic heterocycles. The van der Waals surface area contributed by atoms with Crippen molar-refractivity contribution in [3.05, 3.63) is 23.4 Å². The summed E-state index contributed by atoms with van der Waals surface area (Å²) < 4.78 is 0. The fraction of sp³-hybridized carbons (Fsp3) is 0. The van der Waals surface area contributed by atoms with E-state index in [2.05, 4.69) is 0 Å². The maximum absolute atomic E-state index is 9.98. The van der Waals surface area contributed by atoms with Crippen molar-refractivity contribution in [2.24, 2.45) is 0 Å². The van der Waals surface area contributed by atoms with Crippen LogP contribution in [0.5, 0.6) is 0 Å². The van der Waals surface area contributed by atoms with Crippen molar-refractivity contribution >= 4 is 11.9 Å². The van der Waals surface area contributed by atoms with Crippen molar-refractivity contribution in [2.75, 3.05) is 0 Å². The Morgan fingerprint density at radius 3 is 1.62 bits per heavy atom. The molecule has 7 nitrogen and oxygen atoms in total. The Labute approximate surface area is 71.5 Å². The first-order valence-electron chi connectivity index (χ1n) is 2.85. The Bertz CT molecular complexity index is 298. The standard InChI is InChI=1S/C6H6O7/c7-2(1-3(8)9)4(10)5(11)6(12)13/h1,7,10-11H,(H,8,9)(H,12,13)/b2-1-,5-4+. The summed E-state index contributed by atoms with van der Waals surface area (Å²) in [7, 11) is 0. The molecule has 0 fully saturated rings. The maximum Gasteiger partial charge on any atom is 0.375 e. The van der Waals surface area contributed by atoms with Gasteiger partial charge in [-0.15, -0.1) is 0 Å². The van der Waals surface area contributed by atoms with Gasteiger partial charge in [0.05, 0.1) is 6.08 Å². The van der Waals surface area contributed by atoms with Crippen LogP contribution in [-0.2, 0) is 9.59 Å². The lowest BCUT2D eigenvalue weighted by molar-refractivity contribution is -0.136. The smallest absolute Gasteiger partial charge is 0.375 e. The third-order valence-electron chi connectivity index (χ3n) is 0.930. The zero-order valence-corrected chi connectivity index (χ0v) is 6.13. The molecular formula is C6H6O7. The summed E-state index contributed by atoms with van der Waals surface area (Å²) >= 11 is 0. The Kier molecular flexibility index (Phi) is 3.33. The first-order chi connectivity index (χ1) is 5.86. The Morgan fingerprint density at radius 1 is 0.846 bits per heavy atom. The normalized spacial score (nSPS) is 13.4. The number of carboxylic acid groups (broad SMARTS) is 2. The number of aliphatic hydroxyl groups is 3. The van der Waals surface area contributed by atoms with Crippen molar-refractivity contribution in [1.82, 2.24) is 0 Å². The molecule has 7 heteroatoms. The van der Waals surface area contributed by atoms with Gasteiger partial charge in [0.1, 0.15) is 0 Å². The molecule has 0 saturated carbocycles. The Hall–Kier alpha value is -2.18. The highest BCUT2D eigenvalue weighted by Crippen LogP contribution is 2.06. The maximum atomic E-state index is 9.98. The first-order valence-corrected chi connectivity index (χ1v) is 2.85. The Morgan fingerprint density at radius 2 is 1.31 bits per heavy atom. The van der Waals surface area contributed by atoms with E-state index in [4.69, 9.17) is 25.5 Å². The van der Waals surface area contributed by atoms with Crippen LogP contribution in [0.25, 0.3) is 0 Å². The van der Waals surface area contributed by atoms with E-state index in [1.165, 1.54) is 0 Å². The second kappa shape index (κ2) is 4.00. The van der Waals surface area contributed by atoms with Crippen LogP contribution < -0.4 is 0 Å². The number of carboxylic acids is 2. The SMILES string of the molecule is O=C(O)/C=C(O)/C(O)=C(\O)C(=O)O. The second-order valence-corrected chi connectivity index (χ2v) is 1.87. The molecule has 0 heterocycles. The van der Waals surface area contributed by atoms with E-state index < -0.39 is 29.2 Å². The molecule has 0 amide bonds. The number of rotatable bonds is 3. The topological polar surface area (TPSA) is 135 Å². The average molecular weight is 190 g/mol. The summed E-state index contributed by atoms with van der Waals surface area (Å²) in [4.78, 5) is 19.9. The van der Waals surface area contributed by atoms with Crippen LogP contribution in [-0.4, -0.2) is 37.5 Å². The van der Waals surface area contributed by atoms with E-state index in [1.807, 2.05) is 0 Å². The van der Waals surface area contributed by atoms with Gasteiger partial charge in [0.25, 0.3) is 0 Å². The highest BCUT2D eigenvalue weighted by atomic mass is 16.4. The van der Waals surface area contributed by atoms with Crippen molar-refractivity contribution in [1.29, 1.82) is 0 Å². The molecule has 0 unspecified atom stereocenters. The fourth-order valence-corrected chi connectivity index (χ4v) is 0.408. The first kappa shape index (κ1) is 10.8. The quantitative estimate of drug-likeness (QED) is 0.238. The minimum atomic E-state index is -1.89. The zero-order valence-electron chi connectivity index (χ0n) is 6.13. The molecule has 72 valence electrons. The molecule has 0 atom stereocenters. The molecule has 0 spiro atoms. The van der Waals surface area contributed by atoms with Crippen molar-refractivity contribution in [3.8, 4) is 0 Å². The van der Waals surface area contributed by atoms with Gasteiger partial charge in [-0.2, -0.15) is 0 Å². The van der Waals surface area contributed by atoms with E-state index in [-0.39, 0.29) is 6.08 Å². The van der Waals surface area contributed by atoms with Gasteiger partial charge < -0.3 is 25.5 Å². The summed E-state index contributed by atoms with van der Waals surface area (Å²) in [6, 6.07) is 0. The minimum Gasteiger partial charge on any atom is -0.504 e. The number of hydrogen-bond acceptors (Lipinski definition) is 5. The minimum absolute atomic E-state index is 0.133. The molecule has 0 bridgehead atoms. The lowest BCUT2D eigenvalue weighted by Crippen LogP contribution is -2.06. The van der Waals surface area contributed by atoms with E-state index >= 15 is 0 Å². The van der Waals surface area contributed by atoms with Gasteiger partial charge >= 0.3 is 11.9 Å². The van der Waals surface area contributed by atoms with Crippen LogP contribution in [0.4, 0.5) is 0 Å². The van der Waals surface area contributed by atoms with Crippen molar-refractivity contribution < 1.29 is 35.1 Å². The van der Waals surface area contributed by atoms with Crippen LogP contribution in [0, 0.1) is 0 Å². The van der Waals surface area contributed by atoms with Gasteiger partial charge in [0.15, 0.2) is 5.76 Å². The number of carbonyl (C=O) groups is 2. The molecule has 0 aliphatic rings. The zero-order chi connectivity index (χ0) is 10.6. The molecule has 0 radical (unpaired) electrons. The monoisotopic (exact) mass is 190 g/mol. The molecule has 0 aromatic rings. The van der Waals surface area contributed by atoms with Crippen molar-refractivity contribution in [3.63, 3.8) is 0 Å². The molecular weight excluding hydrogens is 184 g/mol. The molecule has 0 rings (SSSR count). The van der Waals surface area contributed by atoms with Gasteiger partial charge in [-0.1, -0.05) is 0 Å². The molecule has 5 N–H and O–H groups in total. The second-order valence-electron chi connectivity index (χ2n) is 1.87. The van der Waals surface area contributed by atoms with E-state index in [0.29, 0.717) is 0 Å². The molecule has 0 aromatic heterocycles. The van der Waals surface area contributed by atoms with Crippen LogP contribution in [0.3, 0.4) is 0 Å². The number of aliphatic hydroxyl groups excluding tert-OH is 3. The third kappa shape index (κ3) is 3.14. The third-order valence-corrected chi connectivity index (χ3v) is 0.930. The van der Waals surface area contributed by atoms with E-state index in [1.54, 1.807) is 0 Å². The largest absolute Gasteiger partial charge is 0.504 e. The summed E-state index contributed by atoms with van der Waals surface area (Å²) in [6.07, 6.45) is 0.133. The summed E-state index contributed by atoms with van der Waals surface area (Å²) in [6.45, 7) is 0. The highest BCUT2D eigenvalue weighted by Gasteiger charge is 2.16. The van der Waals surface area contributed by atoms with Crippen molar-refractivity contribution in [2.45, 2.75) is 0 Å². The number of hydrogen-bond donors (Lipinski definition) is 5. The molecule has 0 aliphatic carbocycles. The van der Waals surface area contributed by atoms with Crippen LogP contribution >= 0.6 is 0 Å². The summed E-state index contributed by atoms with van der Waals surface area (Å²) in [5.41, 5.74) is 0. The van der Waals surface area contributed by atoms with Gasteiger partial charge in [-0.25, -0.2) is 9.59 Å². The average Bonchev–Trinajstić information content (AvgIpc) is 2.00. The lowest BCUT2D eigenvalue weighted by atomic mass is 10.3. The summed E-state index contributed by atoms with van der Waals surface area (Å²) in [5.74, 6) is -7.66. The van der Waals surface area contributed by atoms with E-state index in [0.717, 1.165) is 0 Å². The van der Waals surface area contributed by atoms with Gasteiger partial charge in [-0.3, -0.25) is 0 Å². The van der Waals surface area contributed by atoms with Gasteiger partial charge in [0.2, 0.25) is 11.5 Å². The fourth-order valence-electron chi connectivity index (χ4n) is 0.408. The predicted molar refractivity (Wildman–Crippen MR) is 38.3 cm³/mol. The highest BCUT2D eigenvalue weighted by molar-refractivity contribution is 5.86. The predicted octanol–water partition coefficient (Wildman–Crippen LogP) is -0.0749. The van der Waals surface area contributed by atoms with Gasteiger partial charge in [-0.05, 0) is 0 Å². The molecule has 0 aromatic carbocycles. The number of aliphatic carboxylic acids is 2. The van der Waals surface area contributed by atoms with E-state index in [9.17, 15) is 9.59 Å². The summed E-state index contributed by atoms with van der Waals surface area (Å²) in [5, 5.41) is 42.0. The van der Waals surface area contributed by atoms with Crippen LogP contribution in [0.15, 0.2) is 23.4 Å².